The fourth-order valence-electron chi connectivity index (χ4n) is 2.23. The number of amides is 1. The molecule has 21 heavy (non-hydrogen) atoms. The highest BCUT2D eigenvalue weighted by Crippen LogP contribution is 2.29. The molecule has 0 fully saturated rings. The quantitative estimate of drug-likeness (QED) is 0.826. The second-order valence-corrected chi connectivity index (χ2v) is 6.21. The Morgan fingerprint density at radius 1 is 1.24 bits per heavy atom. The molecule has 4 heteroatoms. The first-order chi connectivity index (χ1) is 10.0. The number of carbonyl (C=O) groups is 1. The maximum absolute atomic E-state index is 11.5. The Balaban J connectivity index is 2.17. The standard InChI is InChI=1S/C17H22N2OS/c1-5-16(20)19-14-7-6-11(2)15(10-14)18-13(4)17-12(3)8-9-21-17/h6-10,13,18H,5H2,1-4H3,(H,19,20). The Morgan fingerprint density at radius 2 is 2.00 bits per heavy atom. The van der Waals surface area contributed by atoms with Crippen molar-refractivity contribution in [2.24, 2.45) is 0 Å². The molecule has 2 N–H and O–H groups in total. The van der Waals surface area contributed by atoms with E-state index >= 15 is 0 Å². The highest BCUT2D eigenvalue weighted by molar-refractivity contribution is 7.10. The summed E-state index contributed by atoms with van der Waals surface area (Å²) >= 11 is 1.77. The summed E-state index contributed by atoms with van der Waals surface area (Å²) in [5.74, 6) is 0.0342. The number of carbonyl (C=O) groups excluding carboxylic acids is 1. The van der Waals surface area contributed by atoms with E-state index in [9.17, 15) is 4.79 Å². The van der Waals surface area contributed by atoms with Crippen LogP contribution in [0.5, 0.6) is 0 Å². The third-order valence-electron chi connectivity index (χ3n) is 3.51. The van der Waals surface area contributed by atoms with Gasteiger partial charge in [0.25, 0.3) is 0 Å². The number of thiophene rings is 1. The van der Waals surface area contributed by atoms with E-state index in [2.05, 4.69) is 42.9 Å². The lowest BCUT2D eigenvalue weighted by Gasteiger charge is -2.18. The Kier molecular flexibility index (Phi) is 5.02. The normalized spacial score (nSPS) is 12.0. The van der Waals surface area contributed by atoms with E-state index in [1.165, 1.54) is 16.0 Å². The van der Waals surface area contributed by atoms with Crippen LogP contribution >= 0.6 is 11.3 Å². The monoisotopic (exact) mass is 302 g/mol. The van der Waals surface area contributed by atoms with E-state index in [-0.39, 0.29) is 11.9 Å². The third-order valence-corrected chi connectivity index (χ3v) is 4.71. The van der Waals surface area contributed by atoms with Gasteiger partial charge in [0.2, 0.25) is 5.91 Å². The van der Waals surface area contributed by atoms with Gasteiger partial charge in [-0.1, -0.05) is 13.0 Å². The highest BCUT2D eigenvalue weighted by Gasteiger charge is 2.11. The summed E-state index contributed by atoms with van der Waals surface area (Å²) in [5, 5.41) is 8.57. The molecule has 0 aliphatic rings. The average molecular weight is 302 g/mol. The van der Waals surface area contributed by atoms with Crippen LogP contribution in [0, 0.1) is 13.8 Å². The van der Waals surface area contributed by atoms with Gasteiger partial charge in [0.05, 0.1) is 6.04 Å². The molecule has 0 bridgehead atoms. The molecule has 112 valence electrons. The second-order valence-electron chi connectivity index (χ2n) is 5.27. The van der Waals surface area contributed by atoms with Gasteiger partial charge in [0.1, 0.15) is 0 Å². The van der Waals surface area contributed by atoms with Crippen LogP contribution in [-0.4, -0.2) is 5.91 Å². The summed E-state index contributed by atoms with van der Waals surface area (Å²) in [6.45, 7) is 8.22. The number of rotatable bonds is 5. The molecule has 0 saturated carbocycles. The first-order valence-electron chi connectivity index (χ1n) is 7.22. The summed E-state index contributed by atoms with van der Waals surface area (Å²) in [7, 11) is 0. The van der Waals surface area contributed by atoms with Gasteiger partial charge in [0, 0.05) is 22.7 Å². The minimum Gasteiger partial charge on any atom is -0.377 e. The van der Waals surface area contributed by atoms with Crippen molar-refractivity contribution in [3.05, 3.63) is 45.6 Å². The summed E-state index contributed by atoms with van der Waals surface area (Å²) in [6, 6.07) is 8.36. The Bertz CT molecular complexity index is 633. The van der Waals surface area contributed by atoms with E-state index in [0.29, 0.717) is 6.42 Å². The lowest BCUT2D eigenvalue weighted by Crippen LogP contribution is -2.11. The van der Waals surface area contributed by atoms with Gasteiger partial charge < -0.3 is 10.6 Å². The predicted molar refractivity (Wildman–Crippen MR) is 91.2 cm³/mol. The van der Waals surface area contributed by atoms with Crippen molar-refractivity contribution in [2.75, 3.05) is 10.6 Å². The first-order valence-corrected chi connectivity index (χ1v) is 8.10. The maximum atomic E-state index is 11.5. The molecule has 1 heterocycles. The SMILES string of the molecule is CCC(=O)Nc1ccc(C)c(NC(C)c2sccc2C)c1. The Morgan fingerprint density at radius 3 is 2.62 bits per heavy atom. The number of hydrogen-bond acceptors (Lipinski definition) is 3. The van der Waals surface area contributed by atoms with Gasteiger partial charge in [0.15, 0.2) is 0 Å². The minimum absolute atomic E-state index is 0.0342. The molecular weight excluding hydrogens is 280 g/mol. The molecule has 2 rings (SSSR count). The van der Waals surface area contributed by atoms with E-state index in [0.717, 1.165) is 11.4 Å². The fraction of sp³-hybridized carbons (Fsp3) is 0.353. The largest absolute Gasteiger partial charge is 0.377 e. The van der Waals surface area contributed by atoms with Crippen LogP contribution in [0.25, 0.3) is 0 Å². The molecular formula is C17H22N2OS. The zero-order valence-corrected chi connectivity index (χ0v) is 13.8. The van der Waals surface area contributed by atoms with Crippen LogP contribution < -0.4 is 10.6 Å². The number of hydrogen-bond donors (Lipinski definition) is 2. The van der Waals surface area contributed by atoms with Crippen LogP contribution in [0.2, 0.25) is 0 Å². The first kappa shape index (κ1) is 15.6. The van der Waals surface area contributed by atoms with Crippen LogP contribution in [0.4, 0.5) is 11.4 Å². The van der Waals surface area contributed by atoms with Crippen LogP contribution in [0.1, 0.15) is 42.3 Å². The van der Waals surface area contributed by atoms with Crippen molar-refractivity contribution >= 4 is 28.6 Å². The molecule has 0 saturated heterocycles. The highest BCUT2D eigenvalue weighted by atomic mass is 32.1. The number of anilines is 2. The molecule has 1 aromatic carbocycles. The Labute approximate surface area is 130 Å². The zero-order chi connectivity index (χ0) is 15.4. The van der Waals surface area contributed by atoms with Crippen LogP contribution in [0.3, 0.4) is 0 Å². The van der Waals surface area contributed by atoms with Crippen molar-refractivity contribution in [3.8, 4) is 0 Å². The summed E-state index contributed by atoms with van der Waals surface area (Å²) < 4.78 is 0. The third kappa shape index (κ3) is 3.85. The fourth-order valence-corrected chi connectivity index (χ4v) is 3.17. The molecule has 1 amide bonds. The summed E-state index contributed by atoms with van der Waals surface area (Å²) in [4.78, 5) is 12.8. The van der Waals surface area contributed by atoms with Gasteiger partial charge in [-0.15, -0.1) is 11.3 Å². The van der Waals surface area contributed by atoms with Crippen LogP contribution in [0.15, 0.2) is 29.6 Å². The van der Waals surface area contributed by atoms with Crippen molar-refractivity contribution in [1.82, 2.24) is 0 Å². The number of nitrogens with one attached hydrogen (secondary N) is 2. The van der Waals surface area contributed by atoms with Gasteiger partial charge in [-0.25, -0.2) is 0 Å². The second kappa shape index (κ2) is 6.76. The molecule has 1 atom stereocenters. The van der Waals surface area contributed by atoms with Crippen molar-refractivity contribution in [1.29, 1.82) is 0 Å². The lowest BCUT2D eigenvalue weighted by atomic mass is 10.1. The Hall–Kier alpha value is -1.81. The molecule has 0 aliphatic heterocycles. The molecule has 3 nitrogen and oxygen atoms in total. The predicted octanol–water partition coefficient (Wildman–Crippen LogP) is 4.89. The molecule has 0 aliphatic carbocycles. The molecule has 1 aromatic heterocycles. The van der Waals surface area contributed by atoms with Crippen molar-refractivity contribution in [2.45, 2.75) is 40.2 Å². The van der Waals surface area contributed by atoms with E-state index in [4.69, 9.17) is 0 Å². The molecule has 2 aromatic rings. The number of aryl methyl sites for hydroxylation is 2. The van der Waals surface area contributed by atoms with Gasteiger partial charge >= 0.3 is 0 Å². The van der Waals surface area contributed by atoms with Gasteiger partial charge in [-0.3, -0.25) is 4.79 Å². The molecule has 0 radical (unpaired) electrons. The zero-order valence-electron chi connectivity index (χ0n) is 13.0. The van der Waals surface area contributed by atoms with Crippen LogP contribution in [-0.2, 0) is 4.79 Å². The summed E-state index contributed by atoms with van der Waals surface area (Å²) in [6.07, 6.45) is 0.488. The smallest absolute Gasteiger partial charge is 0.224 e. The van der Waals surface area contributed by atoms with Gasteiger partial charge in [-0.05, 0) is 55.5 Å². The molecule has 1 unspecified atom stereocenters. The minimum atomic E-state index is 0.0342. The van der Waals surface area contributed by atoms with E-state index in [1.807, 2.05) is 25.1 Å². The van der Waals surface area contributed by atoms with E-state index in [1.54, 1.807) is 11.3 Å². The van der Waals surface area contributed by atoms with Crippen molar-refractivity contribution < 1.29 is 4.79 Å². The topological polar surface area (TPSA) is 41.1 Å². The number of benzene rings is 1. The lowest BCUT2D eigenvalue weighted by molar-refractivity contribution is -0.115. The average Bonchev–Trinajstić information content (AvgIpc) is 2.88. The summed E-state index contributed by atoms with van der Waals surface area (Å²) in [5.41, 5.74) is 4.38. The molecule has 0 spiro atoms. The van der Waals surface area contributed by atoms with E-state index < -0.39 is 0 Å². The van der Waals surface area contributed by atoms with Crippen molar-refractivity contribution in [3.63, 3.8) is 0 Å². The maximum Gasteiger partial charge on any atom is 0.224 e. The van der Waals surface area contributed by atoms with Gasteiger partial charge in [-0.2, -0.15) is 0 Å².